The van der Waals surface area contributed by atoms with Crippen molar-refractivity contribution in [3.8, 4) is 0 Å². The van der Waals surface area contributed by atoms with Crippen LogP contribution in [0.2, 0.25) is 0 Å². The maximum absolute atomic E-state index is 12.3. The summed E-state index contributed by atoms with van der Waals surface area (Å²) in [5, 5.41) is 6.24. The minimum Gasteiger partial charge on any atom is -0.351 e. The summed E-state index contributed by atoms with van der Waals surface area (Å²) in [7, 11) is 0. The Balaban J connectivity index is 1.61. The van der Waals surface area contributed by atoms with Gasteiger partial charge in [-0.2, -0.15) is 0 Å². The van der Waals surface area contributed by atoms with E-state index in [-0.39, 0.29) is 5.91 Å². The molecule has 3 rings (SSSR count). The molecule has 5 heteroatoms. The van der Waals surface area contributed by atoms with Crippen LogP contribution in [0.25, 0.3) is 0 Å². The third-order valence-electron chi connectivity index (χ3n) is 4.28. The third-order valence-corrected chi connectivity index (χ3v) is 4.28. The van der Waals surface area contributed by atoms with Gasteiger partial charge in [0.1, 0.15) is 5.69 Å². The molecular weight excluding hydrogens is 288 g/mol. The summed E-state index contributed by atoms with van der Waals surface area (Å²) in [6, 6.07) is 10.1. The van der Waals surface area contributed by atoms with Gasteiger partial charge in [-0.15, -0.1) is 0 Å². The molecule has 0 unspecified atom stereocenters. The molecule has 5 nitrogen and oxygen atoms in total. The lowest BCUT2D eigenvalue weighted by Crippen LogP contribution is -2.25. The lowest BCUT2D eigenvalue weighted by molar-refractivity contribution is 0.0946. The predicted octanol–water partition coefficient (Wildman–Crippen LogP) is 3.07. The number of benzene rings is 1. The normalized spacial score (nSPS) is 14.7. The number of aryl methyl sites for hydroxylation is 1. The smallest absolute Gasteiger partial charge is 0.270 e. The highest BCUT2D eigenvalue weighted by Gasteiger charge is 2.16. The van der Waals surface area contributed by atoms with E-state index in [2.05, 4.69) is 20.6 Å². The number of amides is 1. The number of nitrogens with one attached hydrogen (secondary N) is 2. The first kappa shape index (κ1) is 15.5. The van der Waals surface area contributed by atoms with E-state index in [1.807, 2.05) is 31.2 Å². The Morgan fingerprint density at radius 3 is 2.78 bits per heavy atom. The Kier molecular flexibility index (Phi) is 4.86. The van der Waals surface area contributed by atoms with Crippen molar-refractivity contribution < 1.29 is 4.79 Å². The number of nitrogens with zero attached hydrogens (tertiary/aromatic N) is 2. The molecule has 1 aliphatic carbocycles. The molecule has 0 radical (unpaired) electrons. The zero-order valence-electron chi connectivity index (χ0n) is 13.4. The topological polar surface area (TPSA) is 66.9 Å². The minimum absolute atomic E-state index is 0.176. The Hall–Kier alpha value is -2.43. The first-order chi connectivity index (χ1) is 11.2. The summed E-state index contributed by atoms with van der Waals surface area (Å²) in [5.41, 5.74) is 2.67. The van der Waals surface area contributed by atoms with Crippen LogP contribution in [-0.2, 0) is 6.54 Å². The maximum Gasteiger partial charge on any atom is 0.270 e. The van der Waals surface area contributed by atoms with Crippen LogP contribution >= 0.6 is 0 Å². The number of rotatable bonds is 5. The first-order valence-electron chi connectivity index (χ1n) is 8.14. The van der Waals surface area contributed by atoms with Crippen LogP contribution < -0.4 is 10.6 Å². The molecule has 1 aromatic heterocycles. The van der Waals surface area contributed by atoms with Crippen molar-refractivity contribution in [3.63, 3.8) is 0 Å². The van der Waals surface area contributed by atoms with Crippen molar-refractivity contribution in [3.05, 3.63) is 53.3 Å². The van der Waals surface area contributed by atoms with Crippen LogP contribution in [0.15, 0.2) is 36.5 Å². The van der Waals surface area contributed by atoms with E-state index in [0.717, 1.165) is 18.4 Å². The minimum atomic E-state index is -0.176. The van der Waals surface area contributed by atoms with Crippen LogP contribution in [0, 0.1) is 6.92 Å². The van der Waals surface area contributed by atoms with Gasteiger partial charge in [0, 0.05) is 18.8 Å². The van der Waals surface area contributed by atoms with Crippen molar-refractivity contribution in [2.24, 2.45) is 0 Å². The monoisotopic (exact) mass is 310 g/mol. The molecule has 1 fully saturated rings. The summed E-state index contributed by atoms with van der Waals surface area (Å²) in [6.07, 6.45) is 6.41. The van der Waals surface area contributed by atoms with Crippen molar-refractivity contribution in [2.75, 3.05) is 5.32 Å². The molecular formula is C18H22N4O. The molecule has 1 amide bonds. The Morgan fingerprint density at radius 2 is 2.00 bits per heavy atom. The molecule has 0 saturated heterocycles. The largest absolute Gasteiger partial charge is 0.351 e. The van der Waals surface area contributed by atoms with Crippen LogP contribution in [0.1, 0.15) is 47.3 Å². The Labute approximate surface area is 136 Å². The van der Waals surface area contributed by atoms with Gasteiger partial charge in [0.05, 0.1) is 0 Å². The zero-order chi connectivity index (χ0) is 16.1. The van der Waals surface area contributed by atoms with Crippen molar-refractivity contribution in [2.45, 2.75) is 45.2 Å². The van der Waals surface area contributed by atoms with Crippen LogP contribution in [0.3, 0.4) is 0 Å². The number of hydrogen-bond acceptors (Lipinski definition) is 4. The number of carbonyl (C=O) groups excluding carboxylic acids is 1. The molecule has 1 aromatic carbocycles. The lowest BCUT2D eigenvalue weighted by Gasteiger charge is -2.12. The van der Waals surface area contributed by atoms with Gasteiger partial charge in [-0.1, -0.05) is 37.1 Å². The molecule has 2 aromatic rings. The second kappa shape index (κ2) is 7.22. The third kappa shape index (κ3) is 4.06. The molecule has 0 spiro atoms. The zero-order valence-corrected chi connectivity index (χ0v) is 13.4. The fraction of sp³-hybridized carbons (Fsp3) is 0.389. The molecule has 23 heavy (non-hydrogen) atoms. The summed E-state index contributed by atoms with van der Waals surface area (Å²) in [5.74, 6) is 0.366. The van der Waals surface area contributed by atoms with E-state index >= 15 is 0 Å². The van der Waals surface area contributed by atoms with Gasteiger partial charge >= 0.3 is 0 Å². The van der Waals surface area contributed by atoms with Gasteiger partial charge in [-0.05, 0) is 37.0 Å². The van der Waals surface area contributed by atoms with Gasteiger partial charge < -0.3 is 10.6 Å². The van der Waals surface area contributed by atoms with E-state index in [4.69, 9.17) is 0 Å². The SMILES string of the molecule is Cc1ccccc1CNC(=O)c1ccnc(NC2CCCC2)n1. The Morgan fingerprint density at radius 1 is 1.22 bits per heavy atom. The fourth-order valence-electron chi connectivity index (χ4n) is 2.88. The standard InChI is InChI=1S/C18H22N4O/c1-13-6-2-3-7-14(13)12-20-17(23)16-10-11-19-18(22-16)21-15-8-4-5-9-15/h2-3,6-7,10-11,15H,4-5,8-9,12H2,1H3,(H,20,23)(H,19,21,22). The maximum atomic E-state index is 12.3. The molecule has 1 saturated carbocycles. The average Bonchev–Trinajstić information content (AvgIpc) is 3.07. The van der Waals surface area contributed by atoms with Crippen LogP contribution in [-0.4, -0.2) is 21.9 Å². The molecule has 0 atom stereocenters. The van der Waals surface area contributed by atoms with Crippen LogP contribution in [0.4, 0.5) is 5.95 Å². The molecule has 1 heterocycles. The molecule has 0 aliphatic heterocycles. The van der Waals surface area contributed by atoms with Gasteiger partial charge in [0.25, 0.3) is 5.91 Å². The predicted molar refractivity (Wildman–Crippen MR) is 90.3 cm³/mol. The van der Waals surface area contributed by atoms with Crippen molar-refractivity contribution in [1.82, 2.24) is 15.3 Å². The molecule has 2 N–H and O–H groups in total. The summed E-state index contributed by atoms with van der Waals surface area (Å²) in [6.45, 7) is 2.54. The molecule has 120 valence electrons. The van der Waals surface area contributed by atoms with Gasteiger partial charge in [0.15, 0.2) is 0 Å². The second-order valence-electron chi connectivity index (χ2n) is 6.00. The van der Waals surface area contributed by atoms with E-state index in [0.29, 0.717) is 24.2 Å². The summed E-state index contributed by atoms with van der Waals surface area (Å²) >= 11 is 0. The lowest BCUT2D eigenvalue weighted by atomic mass is 10.1. The summed E-state index contributed by atoms with van der Waals surface area (Å²) < 4.78 is 0. The highest BCUT2D eigenvalue weighted by molar-refractivity contribution is 5.92. The second-order valence-corrected chi connectivity index (χ2v) is 6.00. The quantitative estimate of drug-likeness (QED) is 0.890. The van der Waals surface area contributed by atoms with Gasteiger partial charge in [-0.3, -0.25) is 4.79 Å². The highest BCUT2D eigenvalue weighted by Crippen LogP contribution is 2.20. The van der Waals surface area contributed by atoms with Crippen molar-refractivity contribution >= 4 is 11.9 Å². The number of hydrogen-bond donors (Lipinski definition) is 2. The van der Waals surface area contributed by atoms with Gasteiger partial charge in [0.2, 0.25) is 5.95 Å². The van der Waals surface area contributed by atoms with E-state index in [1.54, 1.807) is 12.3 Å². The van der Waals surface area contributed by atoms with Crippen molar-refractivity contribution in [1.29, 1.82) is 0 Å². The summed E-state index contributed by atoms with van der Waals surface area (Å²) in [4.78, 5) is 20.8. The van der Waals surface area contributed by atoms with E-state index in [1.165, 1.54) is 18.4 Å². The molecule has 0 bridgehead atoms. The first-order valence-corrected chi connectivity index (χ1v) is 8.14. The number of carbonyl (C=O) groups is 1. The fourth-order valence-corrected chi connectivity index (χ4v) is 2.88. The van der Waals surface area contributed by atoms with E-state index in [9.17, 15) is 4.79 Å². The number of anilines is 1. The number of aromatic nitrogens is 2. The Bertz CT molecular complexity index is 680. The molecule has 1 aliphatic rings. The van der Waals surface area contributed by atoms with Crippen LogP contribution in [0.5, 0.6) is 0 Å². The van der Waals surface area contributed by atoms with E-state index < -0.39 is 0 Å². The highest BCUT2D eigenvalue weighted by atomic mass is 16.1. The van der Waals surface area contributed by atoms with Gasteiger partial charge in [-0.25, -0.2) is 9.97 Å². The average molecular weight is 310 g/mol.